The van der Waals surface area contributed by atoms with Crippen LogP contribution in [0, 0.1) is 6.57 Å². The van der Waals surface area contributed by atoms with Crippen molar-refractivity contribution < 1.29 is 16.8 Å². The molecule has 0 fully saturated rings. The topological polar surface area (TPSA) is 108 Å². The van der Waals surface area contributed by atoms with E-state index >= 15 is 0 Å². The predicted molar refractivity (Wildman–Crippen MR) is 244 cm³/mol. The number of para-hydroxylation sites is 2. The molecule has 0 N–H and O–H groups in total. The molecule has 9 nitrogen and oxygen atoms in total. The molecule has 0 unspecified atom stereocenters. The Labute approximate surface area is 368 Å². The van der Waals surface area contributed by atoms with E-state index in [0.29, 0.717) is 26.0 Å². The number of hydrogen-bond donors (Lipinski definition) is 0. The zero-order valence-corrected chi connectivity index (χ0v) is 37.6. The van der Waals surface area contributed by atoms with Gasteiger partial charge in [-0.25, -0.2) is 32.8 Å². The van der Waals surface area contributed by atoms with Crippen LogP contribution in [-0.2, 0) is 31.5 Å². The lowest BCUT2D eigenvalue weighted by Crippen LogP contribution is -1.99. The van der Waals surface area contributed by atoms with E-state index in [1.165, 1.54) is 23.8 Å². The van der Waals surface area contributed by atoms with Gasteiger partial charge in [0, 0.05) is 27.6 Å². The van der Waals surface area contributed by atoms with Crippen molar-refractivity contribution in [2.75, 3.05) is 12.5 Å². The van der Waals surface area contributed by atoms with E-state index in [0.717, 1.165) is 59.1 Å². The number of rotatable bonds is 10. The van der Waals surface area contributed by atoms with Crippen molar-refractivity contribution >= 4 is 81.5 Å². The lowest BCUT2D eigenvalue weighted by atomic mass is 10.2. The minimum Gasteiger partial charge on any atom is -0.310 e. The molecule has 0 amide bonds. The quantitative estimate of drug-likeness (QED) is 0.0998. The van der Waals surface area contributed by atoms with Gasteiger partial charge < -0.3 is 4.85 Å². The van der Waals surface area contributed by atoms with E-state index in [1.807, 2.05) is 95.7 Å². The van der Waals surface area contributed by atoms with Crippen LogP contribution in [0.2, 0.25) is 10.0 Å². The molecular weight excluding hydrogens is 930 g/mol. The van der Waals surface area contributed by atoms with Crippen LogP contribution in [0.4, 0.5) is 0 Å². The van der Waals surface area contributed by atoms with Crippen molar-refractivity contribution in [1.82, 2.24) is 19.6 Å². The summed E-state index contributed by atoms with van der Waals surface area (Å²) in [5, 5.41) is 11.1. The number of halogens is 3. The molecule has 298 valence electrons. The third-order valence-corrected chi connectivity index (χ3v) is 14.6. The summed E-state index contributed by atoms with van der Waals surface area (Å²) < 4.78 is 51.2. The number of aromatic nitrogens is 4. The van der Waals surface area contributed by atoms with Gasteiger partial charge >= 0.3 is 0 Å². The Morgan fingerprint density at radius 3 is 1.44 bits per heavy atom. The molecule has 8 rings (SSSR count). The second-order valence-corrected chi connectivity index (χ2v) is 20.7. The average Bonchev–Trinajstić information content (AvgIpc) is 4.05. The summed E-state index contributed by atoms with van der Waals surface area (Å²) in [6, 6.07) is 40.8. The van der Waals surface area contributed by atoms with Gasteiger partial charge in [-0.2, -0.15) is 10.2 Å². The SMILES string of the molecule is CS(=O)(=O)c1cccc(-c2ccc(-c3cc(CBr)nn3-c3ccccc3Cl)s2)c1.[C-]#[N+]Cc1cc(-c2ccc(-c3cccc(S(C)(=O)=O)c3)s2)n(-c2ccccc2Cl)n1. The molecule has 0 atom stereocenters. The van der Waals surface area contributed by atoms with Gasteiger partial charge in [-0.1, -0.05) is 87.7 Å². The summed E-state index contributed by atoms with van der Waals surface area (Å²) in [7, 11) is -6.54. The highest BCUT2D eigenvalue weighted by Gasteiger charge is 2.19. The number of thiophene rings is 2. The largest absolute Gasteiger partial charge is 0.310 e. The fourth-order valence-electron chi connectivity index (χ4n) is 6.07. The Kier molecular flexibility index (Phi) is 12.7. The molecule has 0 saturated carbocycles. The third-order valence-electron chi connectivity index (χ3n) is 8.87. The molecule has 0 bridgehead atoms. The van der Waals surface area contributed by atoms with Crippen molar-refractivity contribution in [3.63, 3.8) is 0 Å². The van der Waals surface area contributed by atoms with Crippen molar-refractivity contribution in [2.24, 2.45) is 0 Å². The Morgan fingerprint density at radius 1 is 0.593 bits per heavy atom. The zero-order valence-electron chi connectivity index (χ0n) is 31.3. The third kappa shape index (κ3) is 9.63. The fourth-order valence-corrected chi connectivity index (χ4v) is 10.1. The van der Waals surface area contributed by atoms with Gasteiger partial charge in [-0.3, -0.25) is 0 Å². The average molecular weight is 962 g/mol. The molecule has 0 aliphatic heterocycles. The van der Waals surface area contributed by atoms with Gasteiger partial charge in [-0.05, 0) is 96.1 Å². The molecular formula is C43H32BrCl2N5O4S4. The van der Waals surface area contributed by atoms with Crippen LogP contribution >= 0.6 is 61.8 Å². The second kappa shape index (κ2) is 17.8. The molecule has 0 saturated heterocycles. The Morgan fingerprint density at radius 2 is 1.02 bits per heavy atom. The monoisotopic (exact) mass is 959 g/mol. The molecule has 4 aromatic carbocycles. The number of sulfone groups is 2. The fraction of sp³-hybridized carbons (Fsp3) is 0.0930. The van der Waals surface area contributed by atoms with E-state index in [2.05, 4.69) is 31.0 Å². The summed E-state index contributed by atoms with van der Waals surface area (Å²) >= 11 is 19.4. The first-order valence-electron chi connectivity index (χ1n) is 17.6. The maximum Gasteiger partial charge on any atom is 0.258 e. The lowest BCUT2D eigenvalue weighted by Gasteiger charge is -2.08. The Balaban J connectivity index is 0.000000179. The van der Waals surface area contributed by atoms with Crippen LogP contribution in [0.1, 0.15) is 11.4 Å². The maximum atomic E-state index is 11.9. The molecule has 0 aliphatic rings. The number of hydrogen-bond acceptors (Lipinski definition) is 8. The predicted octanol–water partition coefficient (Wildman–Crippen LogP) is 12.0. The summed E-state index contributed by atoms with van der Waals surface area (Å²) in [6.07, 6.45) is 2.42. The van der Waals surface area contributed by atoms with Crippen LogP contribution in [-0.4, -0.2) is 48.9 Å². The van der Waals surface area contributed by atoms with Gasteiger partial charge in [0.1, 0.15) is 5.69 Å². The molecule has 4 aromatic heterocycles. The molecule has 0 spiro atoms. The van der Waals surface area contributed by atoms with Crippen molar-refractivity contribution in [2.45, 2.75) is 21.7 Å². The highest BCUT2D eigenvalue weighted by Crippen LogP contribution is 2.39. The van der Waals surface area contributed by atoms with Gasteiger partial charge in [-0.15, -0.1) is 22.7 Å². The maximum absolute atomic E-state index is 11.9. The normalized spacial score (nSPS) is 11.5. The minimum atomic E-state index is -3.28. The van der Waals surface area contributed by atoms with Gasteiger partial charge in [0.05, 0.1) is 58.0 Å². The van der Waals surface area contributed by atoms with E-state index in [1.54, 1.807) is 58.5 Å². The van der Waals surface area contributed by atoms with Crippen LogP contribution in [0.25, 0.3) is 58.2 Å². The molecule has 4 heterocycles. The van der Waals surface area contributed by atoms with Crippen molar-refractivity contribution in [3.05, 3.63) is 166 Å². The van der Waals surface area contributed by atoms with E-state index in [9.17, 15) is 16.8 Å². The Hall–Kier alpha value is -4.85. The van der Waals surface area contributed by atoms with Gasteiger partial charge in [0.25, 0.3) is 6.54 Å². The summed E-state index contributed by atoms with van der Waals surface area (Å²) in [4.78, 5) is 7.93. The summed E-state index contributed by atoms with van der Waals surface area (Å²) in [6.45, 7) is 7.34. The molecule has 16 heteroatoms. The lowest BCUT2D eigenvalue weighted by molar-refractivity contribution is 0.600. The molecule has 0 radical (unpaired) electrons. The van der Waals surface area contributed by atoms with Crippen LogP contribution < -0.4 is 0 Å². The first-order valence-corrected chi connectivity index (χ1v) is 24.9. The van der Waals surface area contributed by atoms with Crippen LogP contribution in [0.5, 0.6) is 0 Å². The highest BCUT2D eigenvalue weighted by molar-refractivity contribution is 9.08. The smallest absolute Gasteiger partial charge is 0.258 e. The number of alkyl halides is 1. The number of nitrogens with zero attached hydrogens (tertiary/aromatic N) is 5. The van der Waals surface area contributed by atoms with Crippen LogP contribution in [0.15, 0.2) is 143 Å². The van der Waals surface area contributed by atoms with E-state index in [4.69, 9.17) is 29.8 Å². The first-order chi connectivity index (χ1) is 28.2. The van der Waals surface area contributed by atoms with Gasteiger partial charge in [0.2, 0.25) is 0 Å². The standard InChI is InChI=1S/C22H16ClN3O2S2.C21H16BrClN2O2S2/c1-24-14-16-13-20(26(25-16)19-9-4-3-8-18(19)23)22-11-10-21(29-22)15-6-5-7-17(12-15)30(2,27)28;1-29(26,27)16-6-4-5-14(11-16)20-9-10-21(28-20)19-12-15(13-22)24-25(19)18-8-3-2-7-17(18)23/h3-13H,14H2,2H3;2-12H,13H2,1H3. The van der Waals surface area contributed by atoms with Gasteiger partial charge in [0.15, 0.2) is 19.7 Å². The molecule has 8 aromatic rings. The zero-order chi connectivity index (χ0) is 41.9. The highest BCUT2D eigenvalue weighted by atomic mass is 79.9. The van der Waals surface area contributed by atoms with Crippen molar-refractivity contribution in [1.29, 1.82) is 0 Å². The van der Waals surface area contributed by atoms with E-state index < -0.39 is 19.7 Å². The first kappa shape index (κ1) is 42.3. The number of benzene rings is 4. The van der Waals surface area contributed by atoms with Crippen molar-refractivity contribution in [3.8, 4) is 53.4 Å². The van der Waals surface area contributed by atoms with E-state index in [-0.39, 0.29) is 11.4 Å². The molecule has 0 aliphatic carbocycles. The van der Waals surface area contributed by atoms with Crippen LogP contribution in [0.3, 0.4) is 0 Å². The Bertz CT molecular complexity index is 3090. The molecule has 59 heavy (non-hydrogen) atoms. The summed E-state index contributed by atoms with van der Waals surface area (Å²) in [5.74, 6) is 0. The second-order valence-electron chi connectivity index (χ2n) is 13.1. The summed E-state index contributed by atoms with van der Waals surface area (Å²) in [5.41, 5.74) is 6.57. The minimum absolute atomic E-state index is 0.180.